The molecule has 0 saturated heterocycles. The van der Waals surface area contributed by atoms with Gasteiger partial charge in [0.05, 0.1) is 16.6 Å². The molecule has 90 valence electrons. The zero-order valence-corrected chi connectivity index (χ0v) is 9.67. The van der Waals surface area contributed by atoms with Crippen molar-refractivity contribution in [3.63, 3.8) is 0 Å². The average Bonchev–Trinajstić information content (AvgIpc) is 2.71. The van der Waals surface area contributed by atoms with Crippen LogP contribution in [0.15, 0.2) is 36.4 Å². The minimum Gasteiger partial charge on any atom is -0.338 e. The molecule has 1 heterocycles. The van der Waals surface area contributed by atoms with Crippen molar-refractivity contribution in [1.82, 2.24) is 9.97 Å². The van der Waals surface area contributed by atoms with Crippen LogP contribution in [0.4, 0.5) is 8.78 Å². The molecule has 3 rings (SSSR count). The maximum atomic E-state index is 13.6. The zero-order valence-electron chi connectivity index (χ0n) is 9.67. The van der Waals surface area contributed by atoms with E-state index in [4.69, 9.17) is 0 Å². The molecular weight excluding hydrogens is 234 g/mol. The molecule has 0 saturated carbocycles. The quantitative estimate of drug-likeness (QED) is 0.692. The molecule has 0 bridgehead atoms. The molecule has 0 aliphatic heterocycles. The van der Waals surface area contributed by atoms with Crippen molar-refractivity contribution < 1.29 is 8.78 Å². The Hall–Kier alpha value is -2.23. The summed E-state index contributed by atoms with van der Waals surface area (Å²) in [5, 5.41) is 0. The highest BCUT2D eigenvalue weighted by Crippen LogP contribution is 2.25. The average molecular weight is 244 g/mol. The summed E-state index contributed by atoms with van der Waals surface area (Å²) in [7, 11) is 0. The molecule has 2 nitrogen and oxygen atoms in total. The number of aromatic amines is 1. The van der Waals surface area contributed by atoms with Crippen LogP contribution in [0.1, 0.15) is 5.56 Å². The van der Waals surface area contributed by atoms with E-state index >= 15 is 0 Å². The maximum Gasteiger partial charge on any atom is 0.144 e. The van der Waals surface area contributed by atoms with E-state index < -0.39 is 11.6 Å². The van der Waals surface area contributed by atoms with Gasteiger partial charge in [-0.25, -0.2) is 13.8 Å². The van der Waals surface area contributed by atoms with Gasteiger partial charge in [-0.05, 0) is 36.8 Å². The molecule has 0 unspecified atom stereocenters. The molecule has 0 aliphatic rings. The lowest BCUT2D eigenvalue weighted by atomic mass is 10.2. The summed E-state index contributed by atoms with van der Waals surface area (Å²) in [6.07, 6.45) is 0. The third-order valence-corrected chi connectivity index (χ3v) is 2.84. The third kappa shape index (κ3) is 1.66. The van der Waals surface area contributed by atoms with Crippen LogP contribution < -0.4 is 0 Å². The highest BCUT2D eigenvalue weighted by molar-refractivity contribution is 5.80. The van der Waals surface area contributed by atoms with E-state index in [1.807, 2.05) is 25.1 Å². The summed E-state index contributed by atoms with van der Waals surface area (Å²) in [4.78, 5) is 7.15. The molecule has 1 aromatic heterocycles. The van der Waals surface area contributed by atoms with Gasteiger partial charge in [-0.15, -0.1) is 0 Å². The van der Waals surface area contributed by atoms with Crippen molar-refractivity contribution in [3.05, 3.63) is 53.6 Å². The molecule has 0 spiro atoms. The van der Waals surface area contributed by atoms with Crippen molar-refractivity contribution in [2.75, 3.05) is 0 Å². The van der Waals surface area contributed by atoms with Crippen LogP contribution in [0.2, 0.25) is 0 Å². The number of hydrogen-bond acceptors (Lipinski definition) is 1. The van der Waals surface area contributed by atoms with Crippen molar-refractivity contribution in [2.45, 2.75) is 6.92 Å². The Balaban J connectivity index is 2.26. The molecular formula is C14H10F2N2. The monoisotopic (exact) mass is 244 g/mol. The van der Waals surface area contributed by atoms with Crippen LogP contribution in [0.25, 0.3) is 22.4 Å². The first-order chi connectivity index (χ1) is 8.65. The van der Waals surface area contributed by atoms with E-state index in [9.17, 15) is 8.78 Å². The minimum atomic E-state index is -0.620. The van der Waals surface area contributed by atoms with Gasteiger partial charge in [-0.1, -0.05) is 12.1 Å². The first kappa shape index (κ1) is 10.9. The number of nitrogens with zero attached hydrogens (tertiary/aromatic N) is 1. The Labute approximate surface area is 102 Å². The first-order valence-electron chi connectivity index (χ1n) is 5.56. The number of imidazole rings is 1. The number of hydrogen-bond donors (Lipinski definition) is 1. The van der Waals surface area contributed by atoms with Crippen LogP contribution in [0.3, 0.4) is 0 Å². The summed E-state index contributed by atoms with van der Waals surface area (Å²) >= 11 is 0. The predicted octanol–water partition coefficient (Wildman–Crippen LogP) is 3.82. The molecule has 3 aromatic rings. The van der Waals surface area contributed by atoms with Crippen LogP contribution >= 0.6 is 0 Å². The third-order valence-electron chi connectivity index (χ3n) is 2.84. The second-order valence-electron chi connectivity index (χ2n) is 4.20. The standard InChI is InChI=1S/C14H10F2N2/c1-8-5-6-11-12(7-8)18-14(17-11)13-9(15)3-2-4-10(13)16/h2-7H,1H3,(H,17,18). The summed E-state index contributed by atoms with van der Waals surface area (Å²) in [5.41, 5.74) is 2.41. The molecule has 1 N–H and O–H groups in total. The Morgan fingerprint density at radius 3 is 2.50 bits per heavy atom. The molecule has 0 amide bonds. The molecule has 18 heavy (non-hydrogen) atoms. The van der Waals surface area contributed by atoms with Gasteiger partial charge in [0.15, 0.2) is 0 Å². The normalized spacial score (nSPS) is 11.1. The number of H-pyrrole nitrogens is 1. The lowest BCUT2D eigenvalue weighted by Crippen LogP contribution is -1.90. The Morgan fingerprint density at radius 1 is 1.06 bits per heavy atom. The molecule has 0 aliphatic carbocycles. The van der Waals surface area contributed by atoms with E-state index in [0.717, 1.165) is 11.1 Å². The summed E-state index contributed by atoms with van der Waals surface area (Å²) in [6.45, 7) is 1.95. The maximum absolute atomic E-state index is 13.6. The SMILES string of the molecule is Cc1ccc2nc(-c3c(F)cccc3F)[nH]c2c1. The van der Waals surface area contributed by atoms with Crippen LogP contribution in [0.5, 0.6) is 0 Å². The zero-order chi connectivity index (χ0) is 12.7. The van der Waals surface area contributed by atoms with E-state index in [1.165, 1.54) is 18.2 Å². The number of fused-ring (bicyclic) bond motifs is 1. The number of benzene rings is 2. The molecule has 0 fully saturated rings. The molecule has 4 heteroatoms. The van der Waals surface area contributed by atoms with Gasteiger partial charge in [0.2, 0.25) is 0 Å². The molecule has 2 aromatic carbocycles. The van der Waals surface area contributed by atoms with Crippen molar-refractivity contribution in [3.8, 4) is 11.4 Å². The van der Waals surface area contributed by atoms with Crippen LogP contribution in [0, 0.1) is 18.6 Å². The van der Waals surface area contributed by atoms with Crippen LogP contribution in [-0.2, 0) is 0 Å². The second-order valence-corrected chi connectivity index (χ2v) is 4.20. The fraction of sp³-hybridized carbons (Fsp3) is 0.0714. The molecule has 0 radical (unpaired) electrons. The lowest BCUT2D eigenvalue weighted by molar-refractivity contribution is 0.588. The largest absolute Gasteiger partial charge is 0.338 e. The summed E-state index contributed by atoms with van der Waals surface area (Å²) < 4.78 is 27.3. The van der Waals surface area contributed by atoms with E-state index in [-0.39, 0.29) is 11.4 Å². The number of rotatable bonds is 1. The second kappa shape index (κ2) is 3.91. The van der Waals surface area contributed by atoms with Crippen molar-refractivity contribution >= 4 is 11.0 Å². The van der Waals surface area contributed by atoms with Crippen LogP contribution in [-0.4, -0.2) is 9.97 Å². The first-order valence-corrected chi connectivity index (χ1v) is 5.56. The number of aromatic nitrogens is 2. The van der Waals surface area contributed by atoms with Crippen molar-refractivity contribution in [1.29, 1.82) is 0 Å². The van der Waals surface area contributed by atoms with E-state index in [2.05, 4.69) is 9.97 Å². The van der Waals surface area contributed by atoms with Gasteiger partial charge in [0.1, 0.15) is 17.5 Å². The van der Waals surface area contributed by atoms with Gasteiger partial charge >= 0.3 is 0 Å². The van der Waals surface area contributed by atoms with Gasteiger partial charge < -0.3 is 4.98 Å². The Morgan fingerprint density at radius 2 is 1.78 bits per heavy atom. The summed E-state index contributed by atoms with van der Waals surface area (Å²) in [6, 6.07) is 9.40. The van der Waals surface area contributed by atoms with Gasteiger partial charge in [-0.3, -0.25) is 0 Å². The smallest absolute Gasteiger partial charge is 0.144 e. The lowest BCUT2D eigenvalue weighted by Gasteiger charge is -2.00. The summed E-state index contributed by atoms with van der Waals surface area (Å²) in [5.74, 6) is -1.03. The van der Waals surface area contributed by atoms with E-state index in [0.29, 0.717) is 5.52 Å². The Bertz CT molecular complexity index is 711. The Kier molecular flexibility index (Phi) is 2.37. The van der Waals surface area contributed by atoms with E-state index in [1.54, 1.807) is 0 Å². The number of aryl methyl sites for hydroxylation is 1. The molecule has 0 atom stereocenters. The van der Waals surface area contributed by atoms with Gasteiger partial charge in [0.25, 0.3) is 0 Å². The van der Waals surface area contributed by atoms with Gasteiger partial charge in [0, 0.05) is 0 Å². The minimum absolute atomic E-state index is 0.119. The fourth-order valence-corrected chi connectivity index (χ4v) is 1.97. The van der Waals surface area contributed by atoms with Crippen molar-refractivity contribution in [2.24, 2.45) is 0 Å². The number of halogens is 2. The van der Waals surface area contributed by atoms with Gasteiger partial charge in [-0.2, -0.15) is 0 Å². The highest BCUT2D eigenvalue weighted by atomic mass is 19.1. The fourth-order valence-electron chi connectivity index (χ4n) is 1.97. The predicted molar refractivity (Wildman–Crippen MR) is 66.2 cm³/mol. The topological polar surface area (TPSA) is 28.7 Å². The number of nitrogens with one attached hydrogen (secondary N) is 1. The highest BCUT2D eigenvalue weighted by Gasteiger charge is 2.14.